The molecule has 3 rings (SSSR count). The summed E-state index contributed by atoms with van der Waals surface area (Å²) in [4.78, 5) is 18.3. The highest BCUT2D eigenvalue weighted by Crippen LogP contribution is 2.38. The lowest BCUT2D eigenvalue weighted by Gasteiger charge is -2.20. The summed E-state index contributed by atoms with van der Waals surface area (Å²) < 4.78 is 11.1. The number of aromatic nitrogens is 1. The molecule has 0 spiro atoms. The van der Waals surface area contributed by atoms with Crippen LogP contribution in [0.1, 0.15) is 23.2 Å². The van der Waals surface area contributed by atoms with Crippen LogP contribution in [-0.4, -0.2) is 42.7 Å². The quantitative estimate of drug-likeness (QED) is 0.812. The lowest BCUT2D eigenvalue weighted by Crippen LogP contribution is -2.37. The largest absolute Gasteiger partial charge is 0.486 e. The molecule has 0 unspecified atom stereocenters. The zero-order valence-corrected chi connectivity index (χ0v) is 16.5. The minimum atomic E-state index is -0.125. The lowest BCUT2D eigenvalue weighted by molar-refractivity contribution is 0.171. The predicted molar refractivity (Wildman–Crippen MR) is 103 cm³/mol. The third kappa shape index (κ3) is 4.59. The fourth-order valence-corrected chi connectivity index (χ4v) is 3.68. The van der Waals surface area contributed by atoms with Gasteiger partial charge in [0.25, 0.3) is 0 Å². The number of carbonyl (C=O) groups is 1. The second-order valence-corrected chi connectivity index (χ2v) is 7.38. The second-order valence-electron chi connectivity index (χ2n) is 6.03. The standard InChI is InChI=1S/C18H22ClN3O3S/c1-3-16-21-13(11-26-16)10-22(2)18(23)20-5-4-12-8-14(19)17-15(9-12)24-6-7-25-17/h8-9,11H,3-7,10H2,1-2H3,(H,20,23). The van der Waals surface area contributed by atoms with Crippen LogP contribution in [0.4, 0.5) is 4.79 Å². The fraction of sp³-hybridized carbons (Fsp3) is 0.444. The molecule has 2 aromatic rings. The molecular formula is C18H22ClN3O3S. The molecule has 1 aliphatic rings. The number of nitrogens with one attached hydrogen (secondary N) is 1. The average molecular weight is 396 g/mol. The number of carbonyl (C=O) groups excluding carboxylic acids is 1. The Morgan fingerprint density at radius 1 is 1.38 bits per heavy atom. The van der Waals surface area contributed by atoms with E-state index < -0.39 is 0 Å². The van der Waals surface area contributed by atoms with Crippen molar-refractivity contribution in [2.45, 2.75) is 26.3 Å². The number of hydrogen-bond acceptors (Lipinski definition) is 5. The predicted octanol–water partition coefficient (Wildman–Crippen LogP) is 3.51. The molecule has 0 atom stereocenters. The molecule has 1 aromatic heterocycles. The number of urea groups is 1. The van der Waals surface area contributed by atoms with E-state index in [4.69, 9.17) is 21.1 Å². The molecule has 6 nitrogen and oxygen atoms in total. The zero-order valence-electron chi connectivity index (χ0n) is 14.9. The summed E-state index contributed by atoms with van der Waals surface area (Å²) >= 11 is 7.86. The van der Waals surface area contributed by atoms with Crippen LogP contribution < -0.4 is 14.8 Å². The van der Waals surface area contributed by atoms with Crippen LogP contribution in [0.5, 0.6) is 11.5 Å². The minimum absolute atomic E-state index is 0.125. The molecule has 0 saturated heterocycles. The maximum absolute atomic E-state index is 12.2. The van der Waals surface area contributed by atoms with E-state index in [1.807, 2.05) is 17.5 Å². The Kier molecular flexibility index (Phi) is 6.21. The summed E-state index contributed by atoms with van der Waals surface area (Å²) in [6.45, 7) is 4.11. The molecule has 0 aliphatic carbocycles. The lowest BCUT2D eigenvalue weighted by atomic mass is 10.1. The van der Waals surface area contributed by atoms with Crippen LogP contribution in [0, 0.1) is 0 Å². The number of halogens is 1. The second kappa shape index (κ2) is 8.60. The molecule has 2 heterocycles. The molecule has 1 N–H and O–H groups in total. The normalized spacial score (nSPS) is 12.7. The summed E-state index contributed by atoms with van der Waals surface area (Å²) in [6.07, 6.45) is 1.57. The topological polar surface area (TPSA) is 63.7 Å². The van der Waals surface area contributed by atoms with E-state index in [0.29, 0.717) is 49.2 Å². The van der Waals surface area contributed by atoms with Gasteiger partial charge in [0.2, 0.25) is 0 Å². The third-order valence-electron chi connectivity index (χ3n) is 3.99. The zero-order chi connectivity index (χ0) is 18.5. The van der Waals surface area contributed by atoms with Crippen molar-refractivity contribution in [3.63, 3.8) is 0 Å². The molecule has 0 fully saturated rings. The maximum atomic E-state index is 12.2. The number of fused-ring (bicyclic) bond motifs is 1. The number of nitrogens with zero attached hydrogens (tertiary/aromatic N) is 2. The Bertz CT molecular complexity index is 781. The van der Waals surface area contributed by atoms with Gasteiger partial charge in [0.15, 0.2) is 11.5 Å². The molecule has 140 valence electrons. The first-order valence-corrected chi connectivity index (χ1v) is 9.83. The maximum Gasteiger partial charge on any atom is 0.317 e. The van der Waals surface area contributed by atoms with Crippen molar-refractivity contribution < 1.29 is 14.3 Å². The minimum Gasteiger partial charge on any atom is -0.486 e. The van der Waals surface area contributed by atoms with Crippen molar-refractivity contribution >= 4 is 29.0 Å². The summed E-state index contributed by atoms with van der Waals surface area (Å²) in [5, 5.41) is 6.54. The van der Waals surface area contributed by atoms with Crippen LogP contribution >= 0.6 is 22.9 Å². The van der Waals surface area contributed by atoms with Gasteiger partial charge in [-0.3, -0.25) is 0 Å². The third-order valence-corrected chi connectivity index (χ3v) is 5.32. The SMILES string of the molecule is CCc1nc(CN(C)C(=O)NCCc2cc(Cl)c3c(c2)OCCO3)cs1. The molecule has 1 aliphatic heterocycles. The highest BCUT2D eigenvalue weighted by atomic mass is 35.5. The molecule has 0 saturated carbocycles. The van der Waals surface area contributed by atoms with Gasteiger partial charge in [0.1, 0.15) is 13.2 Å². The Morgan fingerprint density at radius 2 is 2.19 bits per heavy atom. The van der Waals surface area contributed by atoms with Crippen LogP contribution in [0.2, 0.25) is 5.02 Å². The summed E-state index contributed by atoms with van der Waals surface area (Å²) in [6, 6.07) is 3.64. The van der Waals surface area contributed by atoms with E-state index in [-0.39, 0.29) is 6.03 Å². The van der Waals surface area contributed by atoms with E-state index in [0.717, 1.165) is 22.7 Å². The van der Waals surface area contributed by atoms with Gasteiger partial charge < -0.3 is 19.7 Å². The van der Waals surface area contributed by atoms with Gasteiger partial charge >= 0.3 is 6.03 Å². The Hall–Kier alpha value is -1.99. The van der Waals surface area contributed by atoms with Crippen molar-refractivity contribution in [2.75, 3.05) is 26.8 Å². The smallest absolute Gasteiger partial charge is 0.317 e. The number of rotatable bonds is 6. The van der Waals surface area contributed by atoms with Gasteiger partial charge in [0.05, 0.1) is 22.3 Å². The monoisotopic (exact) mass is 395 g/mol. The first-order valence-electron chi connectivity index (χ1n) is 8.57. The summed E-state index contributed by atoms with van der Waals surface area (Å²) in [7, 11) is 1.77. The molecule has 8 heteroatoms. The number of aryl methyl sites for hydroxylation is 1. The van der Waals surface area contributed by atoms with E-state index in [2.05, 4.69) is 17.2 Å². The van der Waals surface area contributed by atoms with E-state index in [1.54, 1.807) is 23.3 Å². The average Bonchev–Trinajstić information content (AvgIpc) is 3.09. The van der Waals surface area contributed by atoms with Crippen molar-refractivity contribution in [1.82, 2.24) is 15.2 Å². The van der Waals surface area contributed by atoms with E-state index >= 15 is 0 Å². The number of ether oxygens (including phenoxy) is 2. The first kappa shape index (κ1) is 18.8. The van der Waals surface area contributed by atoms with Crippen LogP contribution in [0.15, 0.2) is 17.5 Å². The number of amides is 2. The molecule has 0 radical (unpaired) electrons. The van der Waals surface area contributed by atoms with Crippen LogP contribution in [0.3, 0.4) is 0 Å². The van der Waals surface area contributed by atoms with Gasteiger partial charge in [-0.25, -0.2) is 9.78 Å². The summed E-state index contributed by atoms with van der Waals surface area (Å²) in [5.41, 5.74) is 1.91. The Labute approximate surface area is 162 Å². The van der Waals surface area contributed by atoms with Crippen molar-refractivity contribution in [1.29, 1.82) is 0 Å². The van der Waals surface area contributed by atoms with Crippen LogP contribution in [-0.2, 0) is 19.4 Å². The van der Waals surface area contributed by atoms with Gasteiger partial charge in [-0.05, 0) is 30.5 Å². The van der Waals surface area contributed by atoms with Crippen molar-refractivity contribution in [3.05, 3.63) is 38.8 Å². The van der Waals surface area contributed by atoms with E-state index in [9.17, 15) is 4.79 Å². The van der Waals surface area contributed by atoms with E-state index in [1.165, 1.54) is 0 Å². The molecule has 26 heavy (non-hydrogen) atoms. The number of thiazole rings is 1. The van der Waals surface area contributed by atoms with Crippen molar-refractivity contribution in [3.8, 4) is 11.5 Å². The van der Waals surface area contributed by atoms with Gasteiger partial charge in [-0.2, -0.15) is 0 Å². The van der Waals surface area contributed by atoms with Gasteiger partial charge in [-0.1, -0.05) is 18.5 Å². The number of hydrogen-bond donors (Lipinski definition) is 1. The fourth-order valence-electron chi connectivity index (χ4n) is 2.66. The molecule has 1 aromatic carbocycles. The Balaban J connectivity index is 1.49. The molecule has 0 bridgehead atoms. The highest BCUT2D eigenvalue weighted by Gasteiger charge is 2.17. The van der Waals surface area contributed by atoms with Gasteiger partial charge in [-0.15, -0.1) is 11.3 Å². The van der Waals surface area contributed by atoms with Crippen LogP contribution in [0.25, 0.3) is 0 Å². The molecular weight excluding hydrogens is 374 g/mol. The molecule has 2 amide bonds. The number of benzene rings is 1. The summed E-state index contributed by atoms with van der Waals surface area (Å²) in [5.74, 6) is 1.26. The first-order chi connectivity index (χ1) is 12.6. The van der Waals surface area contributed by atoms with Crippen molar-refractivity contribution in [2.24, 2.45) is 0 Å². The highest BCUT2D eigenvalue weighted by molar-refractivity contribution is 7.09. The van der Waals surface area contributed by atoms with Gasteiger partial charge in [0, 0.05) is 19.0 Å². The Morgan fingerprint density at radius 3 is 2.96 bits per heavy atom.